The molecule has 0 saturated carbocycles. The number of rotatable bonds is 12. The Hall–Kier alpha value is -0.850. The first-order valence-electron chi connectivity index (χ1n) is 9.58. The van der Waals surface area contributed by atoms with E-state index in [1.165, 1.54) is 32.4 Å². The number of guanidine groups is 1. The smallest absolute Gasteiger partial charge is 0.191 e. The molecular weight excluding hydrogens is 304 g/mol. The number of nitrogens with zero attached hydrogens (tertiary/aromatic N) is 2. The van der Waals surface area contributed by atoms with Crippen LogP contribution in [-0.4, -0.2) is 77.1 Å². The van der Waals surface area contributed by atoms with E-state index in [0.29, 0.717) is 19.8 Å². The largest absolute Gasteiger partial charge is 0.379 e. The second-order valence-electron chi connectivity index (χ2n) is 6.55. The van der Waals surface area contributed by atoms with Crippen LogP contribution < -0.4 is 10.6 Å². The molecule has 1 rings (SSSR count). The number of nitrogens with one attached hydrogen (secondary N) is 2. The summed E-state index contributed by atoms with van der Waals surface area (Å²) in [7, 11) is 1.81. The van der Waals surface area contributed by atoms with Crippen molar-refractivity contribution in [3.8, 4) is 0 Å². The molecule has 0 aliphatic carbocycles. The Kier molecular flexibility index (Phi) is 12.8. The third kappa shape index (κ3) is 10.8. The molecule has 1 saturated heterocycles. The molecule has 0 radical (unpaired) electrons. The van der Waals surface area contributed by atoms with Crippen molar-refractivity contribution in [1.82, 2.24) is 15.5 Å². The summed E-state index contributed by atoms with van der Waals surface area (Å²) in [5.41, 5.74) is 0. The molecule has 0 spiro atoms. The van der Waals surface area contributed by atoms with Crippen LogP contribution in [0.1, 0.15) is 39.5 Å². The number of hydrogen-bond donors (Lipinski definition) is 2. The highest BCUT2D eigenvalue weighted by atomic mass is 16.5. The molecule has 24 heavy (non-hydrogen) atoms. The summed E-state index contributed by atoms with van der Waals surface area (Å²) >= 11 is 0. The second kappa shape index (κ2) is 14.5. The van der Waals surface area contributed by atoms with Gasteiger partial charge in [-0.3, -0.25) is 4.99 Å². The van der Waals surface area contributed by atoms with E-state index < -0.39 is 0 Å². The zero-order chi connectivity index (χ0) is 17.5. The van der Waals surface area contributed by atoms with Crippen molar-refractivity contribution in [2.24, 2.45) is 10.9 Å². The van der Waals surface area contributed by atoms with Crippen LogP contribution in [0.3, 0.4) is 0 Å². The number of hydrogen-bond acceptors (Lipinski definition) is 4. The van der Waals surface area contributed by atoms with E-state index in [4.69, 9.17) is 9.47 Å². The van der Waals surface area contributed by atoms with Crippen LogP contribution in [0.5, 0.6) is 0 Å². The third-order valence-corrected chi connectivity index (χ3v) is 4.24. The minimum absolute atomic E-state index is 0.657. The van der Waals surface area contributed by atoms with Crippen LogP contribution in [0.15, 0.2) is 4.99 Å². The lowest BCUT2D eigenvalue weighted by atomic mass is 10.0. The first-order valence-corrected chi connectivity index (χ1v) is 9.58. The van der Waals surface area contributed by atoms with Gasteiger partial charge in [-0.1, -0.05) is 20.3 Å². The molecule has 2 N–H and O–H groups in total. The highest BCUT2D eigenvalue weighted by Crippen LogP contribution is 2.14. The van der Waals surface area contributed by atoms with Gasteiger partial charge in [0.1, 0.15) is 0 Å². The summed E-state index contributed by atoms with van der Waals surface area (Å²) in [6, 6.07) is 0. The minimum atomic E-state index is 0.657. The highest BCUT2D eigenvalue weighted by molar-refractivity contribution is 5.79. The molecule has 0 amide bonds. The summed E-state index contributed by atoms with van der Waals surface area (Å²) in [6.07, 6.45) is 5.00. The average molecular weight is 343 g/mol. The van der Waals surface area contributed by atoms with Gasteiger partial charge in [-0.05, 0) is 31.7 Å². The van der Waals surface area contributed by atoms with Crippen LogP contribution in [0.4, 0.5) is 0 Å². The lowest BCUT2D eigenvalue weighted by Gasteiger charge is -2.30. The number of likely N-dealkylation sites (tertiary alicyclic amines) is 1. The number of aliphatic imine (C=N–C) groups is 1. The van der Waals surface area contributed by atoms with Gasteiger partial charge in [0.25, 0.3) is 0 Å². The van der Waals surface area contributed by atoms with Gasteiger partial charge in [-0.15, -0.1) is 0 Å². The summed E-state index contributed by atoms with van der Waals surface area (Å²) in [5, 5.41) is 6.66. The summed E-state index contributed by atoms with van der Waals surface area (Å²) < 4.78 is 11.0. The van der Waals surface area contributed by atoms with E-state index in [0.717, 1.165) is 44.5 Å². The van der Waals surface area contributed by atoms with E-state index in [9.17, 15) is 0 Å². The number of piperidine rings is 1. The van der Waals surface area contributed by atoms with Crippen molar-refractivity contribution in [2.75, 3.05) is 66.2 Å². The second-order valence-corrected chi connectivity index (χ2v) is 6.55. The monoisotopic (exact) mass is 342 g/mol. The summed E-state index contributed by atoms with van der Waals surface area (Å²) in [6.45, 7) is 12.6. The van der Waals surface area contributed by atoms with Gasteiger partial charge in [0.2, 0.25) is 0 Å². The molecule has 1 unspecified atom stereocenters. The first-order chi connectivity index (χ1) is 11.8. The Morgan fingerprint density at radius 2 is 1.88 bits per heavy atom. The normalized spacial score (nSPS) is 19.5. The fraction of sp³-hybridized carbons (Fsp3) is 0.944. The zero-order valence-electron chi connectivity index (χ0n) is 16.0. The average Bonchev–Trinajstić information content (AvgIpc) is 2.59. The number of unbranched alkanes of at least 4 members (excludes halogenated alkanes) is 1. The molecule has 0 aromatic rings. The minimum Gasteiger partial charge on any atom is -0.379 e. The highest BCUT2D eigenvalue weighted by Gasteiger charge is 2.15. The molecule has 1 fully saturated rings. The van der Waals surface area contributed by atoms with Crippen LogP contribution in [0.25, 0.3) is 0 Å². The van der Waals surface area contributed by atoms with E-state index >= 15 is 0 Å². The molecule has 0 bridgehead atoms. The van der Waals surface area contributed by atoms with Gasteiger partial charge >= 0.3 is 0 Å². The zero-order valence-corrected chi connectivity index (χ0v) is 16.0. The topological polar surface area (TPSA) is 58.1 Å². The maximum atomic E-state index is 5.54. The third-order valence-electron chi connectivity index (χ3n) is 4.24. The van der Waals surface area contributed by atoms with Crippen molar-refractivity contribution < 1.29 is 9.47 Å². The number of ether oxygens (including phenoxy) is 2. The van der Waals surface area contributed by atoms with E-state index in [-0.39, 0.29) is 0 Å². The maximum Gasteiger partial charge on any atom is 0.191 e. The van der Waals surface area contributed by atoms with Gasteiger partial charge in [-0.2, -0.15) is 0 Å². The van der Waals surface area contributed by atoms with Crippen molar-refractivity contribution in [1.29, 1.82) is 0 Å². The molecule has 0 aromatic carbocycles. The molecule has 1 aliphatic rings. The van der Waals surface area contributed by atoms with Gasteiger partial charge in [0.15, 0.2) is 5.96 Å². The predicted molar refractivity (Wildman–Crippen MR) is 101 cm³/mol. The SMILES string of the molecule is CCCCOCCOCCNC(=NC)NCCN1CCCC(C)C1. The van der Waals surface area contributed by atoms with Crippen LogP contribution in [0, 0.1) is 5.92 Å². The first kappa shape index (κ1) is 21.2. The Morgan fingerprint density at radius 3 is 2.58 bits per heavy atom. The standard InChI is InChI=1S/C18H38N4O2/c1-4-5-12-23-14-15-24-13-9-21-18(19-3)20-8-11-22-10-6-7-17(2)16-22/h17H,4-16H2,1-3H3,(H2,19,20,21). The molecule has 1 atom stereocenters. The van der Waals surface area contributed by atoms with Crippen LogP contribution >= 0.6 is 0 Å². The van der Waals surface area contributed by atoms with Crippen LogP contribution in [-0.2, 0) is 9.47 Å². The summed E-state index contributed by atoms with van der Waals surface area (Å²) in [4.78, 5) is 6.79. The quantitative estimate of drug-likeness (QED) is 0.321. The summed E-state index contributed by atoms with van der Waals surface area (Å²) in [5.74, 6) is 1.68. The Balaban J connectivity index is 1.95. The molecular formula is C18H38N4O2. The van der Waals surface area contributed by atoms with Gasteiger partial charge in [0.05, 0.1) is 19.8 Å². The molecule has 0 aromatic heterocycles. The lowest BCUT2D eigenvalue weighted by molar-refractivity contribution is 0.0487. The fourth-order valence-corrected chi connectivity index (χ4v) is 2.85. The van der Waals surface area contributed by atoms with Gasteiger partial charge in [-0.25, -0.2) is 0 Å². The van der Waals surface area contributed by atoms with E-state index in [1.54, 1.807) is 7.05 Å². The molecule has 1 heterocycles. The molecule has 142 valence electrons. The Morgan fingerprint density at radius 1 is 1.12 bits per heavy atom. The maximum absolute atomic E-state index is 5.54. The molecule has 6 heteroatoms. The van der Waals surface area contributed by atoms with Crippen molar-refractivity contribution in [3.05, 3.63) is 0 Å². The van der Waals surface area contributed by atoms with Gasteiger partial charge in [0, 0.05) is 39.8 Å². The fourth-order valence-electron chi connectivity index (χ4n) is 2.85. The van der Waals surface area contributed by atoms with Crippen molar-refractivity contribution in [3.63, 3.8) is 0 Å². The van der Waals surface area contributed by atoms with E-state index in [1.807, 2.05) is 0 Å². The van der Waals surface area contributed by atoms with Crippen molar-refractivity contribution in [2.45, 2.75) is 39.5 Å². The molecule has 6 nitrogen and oxygen atoms in total. The predicted octanol–water partition coefficient (Wildman–Crippen LogP) is 1.72. The lowest BCUT2D eigenvalue weighted by Crippen LogP contribution is -2.44. The molecule has 1 aliphatic heterocycles. The van der Waals surface area contributed by atoms with Crippen molar-refractivity contribution >= 4 is 5.96 Å². The van der Waals surface area contributed by atoms with E-state index in [2.05, 4.69) is 34.4 Å². The van der Waals surface area contributed by atoms with Crippen LogP contribution in [0.2, 0.25) is 0 Å². The van der Waals surface area contributed by atoms with Gasteiger partial charge < -0.3 is 25.0 Å². The Bertz CT molecular complexity index is 326. The Labute approximate surface area is 148 Å².